The van der Waals surface area contributed by atoms with E-state index in [2.05, 4.69) is 10.6 Å². The number of likely N-dealkylation sites (N-methyl/N-ethyl adjacent to an activating group) is 1. The Morgan fingerprint density at radius 1 is 1.05 bits per heavy atom. The van der Waals surface area contributed by atoms with Crippen LogP contribution >= 0.6 is 0 Å². The second-order valence-electron chi connectivity index (χ2n) is 5.13. The molecule has 5 heteroatoms. The number of carbonyl (C=O) groups excluding carboxylic acids is 2. The van der Waals surface area contributed by atoms with Crippen molar-refractivity contribution in [2.45, 2.75) is 12.5 Å². The molecule has 0 radical (unpaired) electrons. The Bertz CT molecular complexity index is 700. The molecule has 0 bridgehead atoms. The molecule has 0 saturated heterocycles. The quantitative estimate of drug-likeness (QED) is 0.893. The molecule has 2 N–H and O–H groups in total. The largest absolute Gasteiger partial charge is 0.357 e. The first kappa shape index (κ1) is 14.1. The Balaban J connectivity index is 1.90. The topological polar surface area (TPSA) is 61.4 Å². The van der Waals surface area contributed by atoms with Crippen molar-refractivity contribution < 1.29 is 9.59 Å². The molecule has 3 rings (SSSR count). The van der Waals surface area contributed by atoms with E-state index in [1.807, 2.05) is 54.6 Å². The molecular formula is C17H17N3O2. The lowest BCUT2D eigenvalue weighted by Gasteiger charge is -2.24. The highest BCUT2D eigenvalue weighted by Crippen LogP contribution is 2.32. The molecule has 1 aliphatic rings. The summed E-state index contributed by atoms with van der Waals surface area (Å²) in [6, 6.07) is 16.0. The molecule has 0 aromatic heterocycles. The van der Waals surface area contributed by atoms with Gasteiger partial charge < -0.3 is 10.6 Å². The fourth-order valence-electron chi connectivity index (χ4n) is 2.72. The van der Waals surface area contributed by atoms with Gasteiger partial charge in [0.15, 0.2) is 0 Å². The van der Waals surface area contributed by atoms with E-state index < -0.39 is 6.04 Å². The van der Waals surface area contributed by atoms with Crippen molar-refractivity contribution in [3.05, 3.63) is 60.2 Å². The summed E-state index contributed by atoms with van der Waals surface area (Å²) in [5.41, 5.74) is 2.48. The number of urea groups is 1. The molecule has 3 amide bonds. The van der Waals surface area contributed by atoms with E-state index in [0.717, 1.165) is 11.3 Å². The predicted octanol–water partition coefficient (Wildman–Crippen LogP) is 2.40. The van der Waals surface area contributed by atoms with Crippen LogP contribution in [0.5, 0.6) is 0 Å². The van der Waals surface area contributed by atoms with Gasteiger partial charge in [-0.25, -0.2) is 4.79 Å². The third-order valence-electron chi connectivity index (χ3n) is 3.77. The van der Waals surface area contributed by atoms with Crippen LogP contribution in [0.25, 0.3) is 0 Å². The molecule has 112 valence electrons. The zero-order chi connectivity index (χ0) is 15.5. The number of nitrogens with zero attached hydrogens (tertiary/aromatic N) is 1. The maximum atomic E-state index is 12.6. The molecule has 0 fully saturated rings. The average molecular weight is 295 g/mol. The Labute approximate surface area is 128 Å². The summed E-state index contributed by atoms with van der Waals surface area (Å²) in [5, 5.41) is 5.47. The van der Waals surface area contributed by atoms with Gasteiger partial charge in [-0.05, 0) is 23.8 Å². The second-order valence-corrected chi connectivity index (χ2v) is 5.13. The number of hydrogen-bond acceptors (Lipinski definition) is 2. The minimum atomic E-state index is -0.522. The summed E-state index contributed by atoms with van der Waals surface area (Å²) in [4.78, 5) is 26.3. The van der Waals surface area contributed by atoms with Crippen LogP contribution in [0.3, 0.4) is 0 Å². The molecule has 1 atom stereocenters. The molecule has 1 heterocycles. The number of nitrogens with one attached hydrogen (secondary N) is 2. The fraction of sp³-hybridized carbons (Fsp3) is 0.176. The molecule has 0 unspecified atom stereocenters. The van der Waals surface area contributed by atoms with Gasteiger partial charge in [-0.15, -0.1) is 0 Å². The first-order chi connectivity index (χ1) is 10.7. The highest BCUT2D eigenvalue weighted by atomic mass is 16.2. The molecule has 2 aromatic rings. The van der Waals surface area contributed by atoms with Gasteiger partial charge in [0, 0.05) is 24.8 Å². The summed E-state index contributed by atoms with van der Waals surface area (Å²) >= 11 is 0. The number of amides is 3. The fourth-order valence-corrected chi connectivity index (χ4v) is 2.72. The van der Waals surface area contributed by atoms with Gasteiger partial charge in [0.25, 0.3) is 0 Å². The van der Waals surface area contributed by atoms with E-state index in [1.54, 1.807) is 7.05 Å². The van der Waals surface area contributed by atoms with Crippen LogP contribution in [-0.2, 0) is 11.2 Å². The first-order valence-electron chi connectivity index (χ1n) is 7.15. The summed E-state index contributed by atoms with van der Waals surface area (Å²) < 4.78 is 0. The summed E-state index contributed by atoms with van der Waals surface area (Å²) in [6.45, 7) is 0. The number of carbonyl (C=O) groups is 2. The number of fused-ring (bicyclic) bond motifs is 1. The third-order valence-corrected chi connectivity index (χ3v) is 3.77. The van der Waals surface area contributed by atoms with Gasteiger partial charge in [0.05, 0.1) is 0 Å². The lowest BCUT2D eigenvalue weighted by Crippen LogP contribution is -2.48. The summed E-state index contributed by atoms with van der Waals surface area (Å²) in [7, 11) is 1.58. The lowest BCUT2D eigenvalue weighted by atomic mass is 10.1. The van der Waals surface area contributed by atoms with Crippen LogP contribution in [0.1, 0.15) is 5.56 Å². The Morgan fingerprint density at radius 2 is 1.73 bits per heavy atom. The number of hydrogen-bond donors (Lipinski definition) is 2. The van der Waals surface area contributed by atoms with Crippen molar-refractivity contribution >= 4 is 23.3 Å². The zero-order valence-electron chi connectivity index (χ0n) is 12.2. The monoisotopic (exact) mass is 295 g/mol. The van der Waals surface area contributed by atoms with E-state index in [9.17, 15) is 9.59 Å². The smallest absolute Gasteiger partial charge is 0.327 e. The number of anilines is 2. The lowest BCUT2D eigenvalue weighted by molar-refractivity contribution is -0.121. The number of para-hydroxylation sites is 2. The molecule has 0 aliphatic carbocycles. The van der Waals surface area contributed by atoms with Gasteiger partial charge in [-0.3, -0.25) is 9.69 Å². The normalized spacial score (nSPS) is 16.0. The molecule has 0 spiro atoms. The Kier molecular flexibility index (Phi) is 3.78. The Hall–Kier alpha value is -2.82. The standard InChI is InChI=1S/C17H17N3O2/c1-18-16(21)15-11-12-7-5-6-10-14(12)20(15)17(22)19-13-8-3-2-4-9-13/h2-10,15H,11H2,1H3,(H,18,21)(H,19,22)/t15-/m0/s1. The highest BCUT2D eigenvalue weighted by Gasteiger charge is 2.37. The molecule has 1 aliphatic heterocycles. The first-order valence-corrected chi connectivity index (χ1v) is 7.15. The summed E-state index contributed by atoms with van der Waals surface area (Å²) in [6.07, 6.45) is 0.526. The van der Waals surface area contributed by atoms with Gasteiger partial charge in [0.2, 0.25) is 5.91 Å². The zero-order valence-corrected chi connectivity index (χ0v) is 12.2. The van der Waals surface area contributed by atoms with E-state index in [0.29, 0.717) is 12.1 Å². The number of rotatable bonds is 2. The second kappa shape index (κ2) is 5.89. The highest BCUT2D eigenvalue weighted by molar-refractivity contribution is 6.08. The van der Waals surface area contributed by atoms with Crippen LogP contribution in [0.4, 0.5) is 16.2 Å². The SMILES string of the molecule is CNC(=O)[C@@H]1Cc2ccccc2N1C(=O)Nc1ccccc1. The van der Waals surface area contributed by atoms with Gasteiger partial charge in [-0.2, -0.15) is 0 Å². The maximum absolute atomic E-state index is 12.6. The van der Waals surface area contributed by atoms with Gasteiger partial charge >= 0.3 is 6.03 Å². The third kappa shape index (κ3) is 2.53. The van der Waals surface area contributed by atoms with Crippen LogP contribution < -0.4 is 15.5 Å². The Morgan fingerprint density at radius 3 is 2.45 bits per heavy atom. The minimum Gasteiger partial charge on any atom is -0.357 e. The van der Waals surface area contributed by atoms with Crippen LogP contribution in [-0.4, -0.2) is 25.0 Å². The van der Waals surface area contributed by atoms with Crippen molar-refractivity contribution in [2.24, 2.45) is 0 Å². The predicted molar refractivity (Wildman–Crippen MR) is 85.9 cm³/mol. The van der Waals surface area contributed by atoms with Crippen molar-refractivity contribution in [1.82, 2.24) is 5.32 Å². The van der Waals surface area contributed by atoms with Gasteiger partial charge in [0.1, 0.15) is 6.04 Å². The molecule has 22 heavy (non-hydrogen) atoms. The van der Waals surface area contributed by atoms with Crippen molar-refractivity contribution in [3.8, 4) is 0 Å². The summed E-state index contributed by atoms with van der Waals surface area (Å²) in [5.74, 6) is -0.167. The van der Waals surface area contributed by atoms with Crippen molar-refractivity contribution in [1.29, 1.82) is 0 Å². The molecule has 0 saturated carbocycles. The molecule has 5 nitrogen and oxygen atoms in total. The van der Waals surface area contributed by atoms with Crippen LogP contribution in [0, 0.1) is 0 Å². The van der Waals surface area contributed by atoms with Crippen molar-refractivity contribution in [3.63, 3.8) is 0 Å². The van der Waals surface area contributed by atoms with Crippen LogP contribution in [0.15, 0.2) is 54.6 Å². The van der Waals surface area contributed by atoms with E-state index in [1.165, 1.54) is 4.90 Å². The minimum absolute atomic E-state index is 0.167. The van der Waals surface area contributed by atoms with E-state index in [4.69, 9.17) is 0 Å². The maximum Gasteiger partial charge on any atom is 0.327 e. The van der Waals surface area contributed by atoms with E-state index >= 15 is 0 Å². The van der Waals surface area contributed by atoms with Gasteiger partial charge in [-0.1, -0.05) is 36.4 Å². The van der Waals surface area contributed by atoms with Crippen molar-refractivity contribution in [2.75, 3.05) is 17.3 Å². The van der Waals surface area contributed by atoms with E-state index in [-0.39, 0.29) is 11.9 Å². The average Bonchev–Trinajstić information content (AvgIpc) is 2.94. The molecular weight excluding hydrogens is 278 g/mol. The molecule has 2 aromatic carbocycles. The van der Waals surface area contributed by atoms with Crippen LogP contribution in [0.2, 0.25) is 0 Å². The number of benzene rings is 2.